The van der Waals surface area contributed by atoms with E-state index >= 15 is 0 Å². The highest BCUT2D eigenvalue weighted by Gasteiger charge is 2.28. The summed E-state index contributed by atoms with van der Waals surface area (Å²) in [5.74, 6) is 1.18. The van der Waals surface area contributed by atoms with Gasteiger partial charge in [-0.3, -0.25) is 4.79 Å². The third kappa shape index (κ3) is 4.95. The summed E-state index contributed by atoms with van der Waals surface area (Å²) < 4.78 is 15.5. The van der Waals surface area contributed by atoms with E-state index in [1.807, 2.05) is 0 Å². The van der Waals surface area contributed by atoms with Crippen LogP contribution in [0.15, 0.2) is 18.2 Å². The second-order valence-corrected chi connectivity index (χ2v) is 7.53. The summed E-state index contributed by atoms with van der Waals surface area (Å²) in [5.41, 5.74) is 0.677. The SMILES string of the molecule is C[C@H]1[C@@H](NC(=O)COC(=O)/C=C/c2cc(Cl)c3c(c2)OCO3)CCC[C@@H]1C. The van der Waals surface area contributed by atoms with Crippen LogP contribution in [-0.2, 0) is 14.3 Å². The Morgan fingerprint density at radius 3 is 2.93 bits per heavy atom. The minimum absolute atomic E-state index is 0.123. The Balaban J connectivity index is 1.47. The van der Waals surface area contributed by atoms with Crippen molar-refractivity contribution in [2.24, 2.45) is 11.8 Å². The molecule has 1 aromatic rings. The van der Waals surface area contributed by atoms with E-state index in [1.165, 1.54) is 12.5 Å². The number of hydrogen-bond acceptors (Lipinski definition) is 5. The highest BCUT2D eigenvalue weighted by molar-refractivity contribution is 6.32. The predicted octanol–water partition coefficient (Wildman–Crippen LogP) is 3.57. The third-order valence-corrected chi connectivity index (χ3v) is 5.54. The summed E-state index contributed by atoms with van der Waals surface area (Å²) in [7, 11) is 0. The van der Waals surface area contributed by atoms with Crippen molar-refractivity contribution in [3.8, 4) is 11.5 Å². The van der Waals surface area contributed by atoms with Gasteiger partial charge < -0.3 is 19.5 Å². The van der Waals surface area contributed by atoms with E-state index in [-0.39, 0.29) is 25.3 Å². The molecule has 0 unspecified atom stereocenters. The standard InChI is InChI=1S/C20H24ClNO5/c1-12-4-3-5-16(13(12)2)22-18(23)10-25-19(24)7-6-14-8-15(21)20-17(9-14)26-11-27-20/h6-9,12-13,16H,3-5,10-11H2,1-2H3,(H,22,23)/b7-6+/t12-,13+,16-/m0/s1. The van der Waals surface area contributed by atoms with E-state index in [0.29, 0.717) is 33.9 Å². The maximum Gasteiger partial charge on any atom is 0.331 e. The van der Waals surface area contributed by atoms with Gasteiger partial charge in [-0.15, -0.1) is 0 Å². The summed E-state index contributed by atoms with van der Waals surface area (Å²) in [6.07, 6.45) is 6.08. The molecule has 3 atom stereocenters. The Hall–Kier alpha value is -2.21. The first-order valence-electron chi connectivity index (χ1n) is 9.17. The Bertz CT molecular complexity index is 748. The van der Waals surface area contributed by atoms with Crippen molar-refractivity contribution in [2.75, 3.05) is 13.4 Å². The number of ether oxygens (including phenoxy) is 3. The van der Waals surface area contributed by atoms with Gasteiger partial charge in [0, 0.05) is 12.1 Å². The summed E-state index contributed by atoms with van der Waals surface area (Å²) >= 11 is 6.10. The van der Waals surface area contributed by atoms with Crippen molar-refractivity contribution < 1.29 is 23.8 Å². The van der Waals surface area contributed by atoms with Crippen LogP contribution in [0.2, 0.25) is 5.02 Å². The highest BCUT2D eigenvalue weighted by Crippen LogP contribution is 2.40. The molecule has 2 aliphatic rings. The summed E-state index contributed by atoms with van der Waals surface area (Å²) in [5, 5.41) is 3.39. The maximum atomic E-state index is 12.1. The van der Waals surface area contributed by atoms with Crippen LogP contribution in [0.3, 0.4) is 0 Å². The molecule has 0 radical (unpaired) electrons. The normalized spacial score (nSPS) is 24.0. The van der Waals surface area contributed by atoms with Gasteiger partial charge in [-0.1, -0.05) is 38.3 Å². The van der Waals surface area contributed by atoms with Crippen LogP contribution in [0.4, 0.5) is 0 Å². The van der Waals surface area contributed by atoms with Gasteiger partial charge in [-0.2, -0.15) is 0 Å². The fourth-order valence-electron chi connectivity index (χ4n) is 3.47. The van der Waals surface area contributed by atoms with Gasteiger partial charge in [0.05, 0.1) is 5.02 Å². The van der Waals surface area contributed by atoms with Crippen LogP contribution in [0, 0.1) is 11.8 Å². The van der Waals surface area contributed by atoms with Crippen LogP contribution in [0.25, 0.3) is 6.08 Å². The first-order chi connectivity index (χ1) is 12.9. The number of nitrogens with one attached hydrogen (secondary N) is 1. The number of benzene rings is 1. The molecule has 1 heterocycles. The zero-order chi connectivity index (χ0) is 19.4. The first-order valence-corrected chi connectivity index (χ1v) is 9.55. The monoisotopic (exact) mass is 393 g/mol. The average molecular weight is 394 g/mol. The van der Waals surface area contributed by atoms with Crippen molar-refractivity contribution in [1.82, 2.24) is 5.32 Å². The highest BCUT2D eigenvalue weighted by atomic mass is 35.5. The number of halogens is 1. The molecular formula is C20H24ClNO5. The minimum Gasteiger partial charge on any atom is -0.454 e. The van der Waals surface area contributed by atoms with Gasteiger partial charge >= 0.3 is 5.97 Å². The van der Waals surface area contributed by atoms with E-state index in [2.05, 4.69) is 19.2 Å². The molecule has 6 nitrogen and oxygen atoms in total. The summed E-state index contributed by atoms with van der Waals surface area (Å²) in [6, 6.07) is 3.53. The molecule has 0 aromatic heterocycles. The third-order valence-electron chi connectivity index (χ3n) is 5.26. The van der Waals surface area contributed by atoms with E-state index in [1.54, 1.807) is 18.2 Å². The molecule has 1 aliphatic carbocycles. The van der Waals surface area contributed by atoms with Crippen molar-refractivity contribution in [3.63, 3.8) is 0 Å². The van der Waals surface area contributed by atoms with Gasteiger partial charge in [-0.05, 0) is 42.0 Å². The molecule has 146 valence electrons. The smallest absolute Gasteiger partial charge is 0.331 e. The van der Waals surface area contributed by atoms with E-state index in [0.717, 1.165) is 12.8 Å². The largest absolute Gasteiger partial charge is 0.454 e. The average Bonchev–Trinajstić information content (AvgIpc) is 3.11. The molecule has 0 spiro atoms. The number of rotatable bonds is 5. The fraction of sp³-hybridized carbons (Fsp3) is 0.500. The molecule has 1 aromatic carbocycles. The lowest BCUT2D eigenvalue weighted by molar-refractivity contribution is -0.144. The van der Waals surface area contributed by atoms with Gasteiger partial charge in [-0.25, -0.2) is 4.79 Å². The van der Waals surface area contributed by atoms with Crippen molar-refractivity contribution in [1.29, 1.82) is 0 Å². The lowest BCUT2D eigenvalue weighted by Gasteiger charge is -2.34. The minimum atomic E-state index is -0.594. The Labute approximate surface area is 163 Å². The first kappa shape index (κ1) is 19.5. The summed E-state index contributed by atoms with van der Waals surface area (Å²) in [4.78, 5) is 23.9. The number of amides is 1. The number of hydrogen-bond donors (Lipinski definition) is 1. The zero-order valence-electron chi connectivity index (χ0n) is 15.5. The van der Waals surface area contributed by atoms with Crippen LogP contribution < -0.4 is 14.8 Å². The molecule has 1 N–H and O–H groups in total. The van der Waals surface area contributed by atoms with Crippen molar-refractivity contribution in [2.45, 2.75) is 39.2 Å². The lowest BCUT2D eigenvalue weighted by atomic mass is 9.78. The topological polar surface area (TPSA) is 73.9 Å². The fourth-order valence-corrected chi connectivity index (χ4v) is 3.74. The van der Waals surface area contributed by atoms with Crippen LogP contribution in [-0.4, -0.2) is 31.3 Å². The van der Waals surface area contributed by atoms with Gasteiger partial charge in [0.2, 0.25) is 6.79 Å². The molecule has 27 heavy (non-hydrogen) atoms. The van der Waals surface area contributed by atoms with E-state index in [9.17, 15) is 9.59 Å². The second-order valence-electron chi connectivity index (χ2n) is 7.12. The quantitative estimate of drug-likeness (QED) is 0.611. The molecule has 1 amide bonds. The second kappa shape index (κ2) is 8.65. The molecule has 1 saturated carbocycles. The zero-order valence-corrected chi connectivity index (χ0v) is 16.3. The van der Waals surface area contributed by atoms with Gasteiger partial charge in [0.25, 0.3) is 5.91 Å². The molecule has 7 heteroatoms. The van der Waals surface area contributed by atoms with E-state index < -0.39 is 5.97 Å². The van der Waals surface area contributed by atoms with Crippen LogP contribution in [0.5, 0.6) is 11.5 Å². The Morgan fingerprint density at radius 1 is 1.30 bits per heavy atom. The van der Waals surface area contributed by atoms with Crippen LogP contribution in [0.1, 0.15) is 38.7 Å². The molecule has 1 aliphatic heterocycles. The number of carbonyl (C=O) groups is 2. The maximum absolute atomic E-state index is 12.1. The molecule has 1 fully saturated rings. The predicted molar refractivity (Wildman–Crippen MR) is 102 cm³/mol. The lowest BCUT2D eigenvalue weighted by Crippen LogP contribution is -2.45. The molecule has 0 bridgehead atoms. The molecule has 3 rings (SSSR count). The number of carbonyl (C=O) groups excluding carboxylic acids is 2. The number of fused-ring (bicyclic) bond motifs is 1. The van der Waals surface area contributed by atoms with Crippen molar-refractivity contribution >= 4 is 29.6 Å². The van der Waals surface area contributed by atoms with Crippen LogP contribution >= 0.6 is 11.6 Å². The molecule has 0 saturated heterocycles. The summed E-state index contributed by atoms with van der Waals surface area (Å²) in [6.45, 7) is 4.19. The van der Waals surface area contributed by atoms with Gasteiger partial charge in [0.1, 0.15) is 0 Å². The van der Waals surface area contributed by atoms with Crippen molar-refractivity contribution in [3.05, 3.63) is 28.8 Å². The number of esters is 1. The van der Waals surface area contributed by atoms with E-state index in [4.69, 9.17) is 25.8 Å². The van der Waals surface area contributed by atoms with Gasteiger partial charge in [0.15, 0.2) is 18.1 Å². The Kier molecular flexibility index (Phi) is 6.26. The molecular weight excluding hydrogens is 370 g/mol. The Morgan fingerprint density at radius 2 is 2.11 bits per heavy atom.